The zero-order chi connectivity index (χ0) is 21.8. The Kier molecular flexibility index (Phi) is 4.87. The number of alkyl halides is 4. The lowest BCUT2D eigenvalue weighted by Crippen LogP contribution is -2.55. The number of fused-ring (bicyclic) bond motifs is 3. The van der Waals surface area contributed by atoms with E-state index >= 15 is 0 Å². The van der Waals surface area contributed by atoms with Crippen LogP contribution in [0.5, 0.6) is 0 Å². The van der Waals surface area contributed by atoms with Gasteiger partial charge in [-0.1, -0.05) is 0 Å². The van der Waals surface area contributed by atoms with Crippen molar-refractivity contribution in [2.75, 3.05) is 41.8 Å². The summed E-state index contributed by atoms with van der Waals surface area (Å²) in [5.41, 5.74) is 4.91. The molecule has 31 heavy (non-hydrogen) atoms. The average molecular weight is 438 g/mol. The third kappa shape index (κ3) is 3.86. The number of morpholine rings is 1. The fourth-order valence-electron chi connectivity index (χ4n) is 4.43. The first-order valence-corrected chi connectivity index (χ1v) is 10.3. The van der Waals surface area contributed by atoms with Gasteiger partial charge in [0.25, 0.3) is 0 Å². The van der Waals surface area contributed by atoms with E-state index in [0.29, 0.717) is 43.6 Å². The van der Waals surface area contributed by atoms with Crippen LogP contribution in [0.1, 0.15) is 24.8 Å². The number of hydrogen-bond acceptors (Lipinski definition) is 7. The van der Waals surface area contributed by atoms with Gasteiger partial charge in [0.2, 0.25) is 5.95 Å². The molecule has 0 saturated carbocycles. The second-order valence-corrected chi connectivity index (χ2v) is 8.24. The van der Waals surface area contributed by atoms with E-state index in [4.69, 9.17) is 10.5 Å². The molecular weight excluding hydrogens is 416 g/mol. The molecule has 0 unspecified atom stereocenters. The molecule has 3 atom stereocenters. The molecule has 0 radical (unpaired) electrons. The molecule has 7 nitrogen and oxygen atoms in total. The van der Waals surface area contributed by atoms with Crippen LogP contribution in [0, 0.1) is 0 Å². The fraction of sp³-hybridized carbons (Fsp3) is 0.550. The Balaban J connectivity index is 1.58. The SMILES string of the molecule is Nc1ncc(-c2cc(N3C[C@@H]4CC[C@H]3CO4)nc(N3CC[C@H](F)C3)n2)cc1C(F)(F)F. The number of nitrogen functional groups attached to an aromatic ring is 1. The number of piperidine rings is 1. The zero-order valence-corrected chi connectivity index (χ0v) is 16.6. The van der Waals surface area contributed by atoms with Crippen molar-refractivity contribution in [2.45, 2.75) is 43.8 Å². The van der Waals surface area contributed by atoms with E-state index < -0.39 is 23.7 Å². The van der Waals surface area contributed by atoms with Crippen molar-refractivity contribution in [3.63, 3.8) is 0 Å². The maximum atomic E-state index is 13.8. The highest BCUT2D eigenvalue weighted by Gasteiger charge is 2.37. The molecule has 4 saturated heterocycles. The molecule has 166 valence electrons. The van der Waals surface area contributed by atoms with E-state index in [-0.39, 0.29) is 24.3 Å². The van der Waals surface area contributed by atoms with Crippen molar-refractivity contribution >= 4 is 17.6 Å². The Bertz CT molecular complexity index is 979. The van der Waals surface area contributed by atoms with Crippen molar-refractivity contribution in [2.24, 2.45) is 0 Å². The first kappa shape index (κ1) is 20.2. The monoisotopic (exact) mass is 438 g/mol. The van der Waals surface area contributed by atoms with Crippen molar-refractivity contribution in [3.8, 4) is 11.3 Å². The van der Waals surface area contributed by atoms with Crippen LogP contribution in [0.15, 0.2) is 18.3 Å². The van der Waals surface area contributed by atoms with Gasteiger partial charge in [0.05, 0.1) is 36.6 Å². The zero-order valence-electron chi connectivity index (χ0n) is 16.6. The van der Waals surface area contributed by atoms with Gasteiger partial charge in [0.15, 0.2) is 0 Å². The van der Waals surface area contributed by atoms with Crippen molar-refractivity contribution in [1.82, 2.24) is 15.0 Å². The minimum Gasteiger partial charge on any atom is -0.383 e. The van der Waals surface area contributed by atoms with Crippen LogP contribution in [0.25, 0.3) is 11.3 Å². The molecule has 2 aromatic heterocycles. The summed E-state index contributed by atoms with van der Waals surface area (Å²) < 4.78 is 59.7. The molecule has 11 heteroatoms. The van der Waals surface area contributed by atoms with Gasteiger partial charge in [-0.15, -0.1) is 0 Å². The Morgan fingerprint density at radius 2 is 1.94 bits per heavy atom. The summed E-state index contributed by atoms with van der Waals surface area (Å²) in [6.45, 7) is 1.84. The number of pyridine rings is 1. The number of rotatable bonds is 3. The van der Waals surface area contributed by atoms with Crippen molar-refractivity contribution < 1.29 is 22.3 Å². The summed E-state index contributed by atoms with van der Waals surface area (Å²) in [7, 11) is 0. The molecular formula is C20H22F4N6O. The lowest BCUT2D eigenvalue weighted by molar-refractivity contribution is -0.137. The van der Waals surface area contributed by atoms with E-state index in [9.17, 15) is 17.6 Å². The number of anilines is 3. The summed E-state index contributed by atoms with van der Waals surface area (Å²) in [4.78, 5) is 16.7. The smallest absolute Gasteiger partial charge is 0.383 e. The van der Waals surface area contributed by atoms with E-state index in [2.05, 4.69) is 19.9 Å². The summed E-state index contributed by atoms with van der Waals surface area (Å²) in [6.07, 6.45) is -1.95. The second kappa shape index (κ2) is 7.47. The summed E-state index contributed by atoms with van der Waals surface area (Å²) in [5, 5.41) is 0. The van der Waals surface area contributed by atoms with Crippen LogP contribution in [-0.2, 0) is 10.9 Å². The standard InChI is InChI=1S/C20H22F4N6O/c21-12-3-4-29(8-12)19-27-16(11-5-15(20(22,23)24)18(25)26-7-11)6-17(28-19)30-9-14-2-1-13(30)10-31-14/h5-7,12-14H,1-4,8-10H2,(H2,25,26)/t12-,13-,14-/m0/s1. The third-order valence-electron chi connectivity index (χ3n) is 6.12. The molecule has 2 bridgehead atoms. The summed E-state index contributed by atoms with van der Waals surface area (Å²) in [5.74, 6) is 0.321. The Morgan fingerprint density at radius 3 is 2.55 bits per heavy atom. The van der Waals surface area contributed by atoms with Gasteiger partial charge in [0, 0.05) is 30.9 Å². The number of nitrogens with zero attached hydrogens (tertiary/aromatic N) is 5. The molecule has 0 amide bonds. The Morgan fingerprint density at radius 1 is 1.10 bits per heavy atom. The van der Waals surface area contributed by atoms with Crippen LogP contribution in [0.4, 0.5) is 35.1 Å². The molecule has 0 aliphatic carbocycles. The van der Waals surface area contributed by atoms with Gasteiger partial charge >= 0.3 is 6.18 Å². The highest BCUT2D eigenvalue weighted by Crippen LogP contribution is 2.37. The number of aromatic nitrogens is 3. The molecule has 4 aliphatic heterocycles. The Hall–Kier alpha value is -2.69. The predicted octanol–water partition coefficient (Wildman–Crippen LogP) is 3.06. The van der Waals surface area contributed by atoms with Crippen molar-refractivity contribution in [1.29, 1.82) is 0 Å². The lowest BCUT2D eigenvalue weighted by Gasteiger charge is -2.45. The number of nitrogens with two attached hydrogens (primary N) is 1. The molecule has 2 N–H and O–H groups in total. The molecule has 0 aromatic carbocycles. The highest BCUT2D eigenvalue weighted by atomic mass is 19.4. The predicted molar refractivity (Wildman–Crippen MR) is 107 cm³/mol. The molecule has 4 aliphatic rings. The molecule has 2 aromatic rings. The van der Waals surface area contributed by atoms with Crippen LogP contribution in [-0.4, -0.2) is 59.5 Å². The molecule has 6 rings (SSSR count). The third-order valence-corrected chi connectivity index (χ3v) is 6.12. The van der Waals surface area contributed by atoms with Gasteiger partial charge in [-0.05, 0) is 25.3 Å². The summed E-state index contributed by atoms with van der Waals surface area (Å²) in [6, 6.07) is 2.76. The van der Waals surface area contributed by atoms with E-state index in [1.54, 1.807) is 11.0 Å². The van der Waals surface area contributed by atoms with E-state index in [1.807, 2.05) is 0 Å². The maximum absolute atomic E-state index is 13.8. The van der Waals surface area contributed by atoms with Gasteiger partial charge in [-0.3, -0.25) is 0 Å². The largest absolute Gasteiger partial charge is 0.419 e. The molecule has 6 heterocycles. The van der Waals surface area contributed by atoms with Crippen molar-refractivity contribution in [3.05, 3.63) is 23.9 Å². The van der Waals surface area contributed by atoms with Gasteiger partial charge < -0.3 is 20.3 Å². The van der Waals surface area contributed by atoms with E-state index in [0.717, 1.165) is 18.9 Å². The van der Waals surface area contributed by atoms with Gasteiger partial charge in [-0.25, -0.2) is 14.4 Å². The van der Waals surface area contributed by atoms with Crippen LogP contribution in [0.2, 0.25) is 0 Å². The first-order valence-electron chi connectivity index (χ1n) is 10.3. The Labute approximate surface area is 176 Å². The lowest BCUT2D eigenvalue weighted by atomic mass is 9.97. The average Bonchev–Trinajstić information content (AvgIpc) is 3.20. The normalized spacial score (nSPS) is 26.0. The van der Waals surface area contributed by atoms with Gasteiger partial charge in [-0.2, -0.15) is 18.2 Å². The first-order chi connectivity index (χ1) is 14.8. The topological polar surface area (TPSA) is 80.4 Å². The minimum atomic E-state index is -4.63. The van der Waals surface area contributed by atoms with Crippen LogP contribution in [0.3, 0.4) is 0 Å². The quantitative estimate of drug-likeness (QED) is 0.738. The van der Waals surface area contributed by atoms with E-state index in [1.165, 1.54) is 6.20 Å². The van der Waals surface area contributed by atoms with Gasteiger partial charge in [0.1, 0.15) is 17.8 Å². The number of ether oxygens (including phenoxy) is 1. The van der Waals surface area contributed by atoms with Crippen LogP contribution < -0.4 is 15.5 Å². The fourth-order valence-corrected chi connectivity index (χ4v) is 4.43. The van der Waals surface area contributed by atoms with Crippen LogP contribution >= 0.6 is 0 Å². The summed E-state index contributed by atoms with van der Waals surface area (Å²) >= 11 is 0. The number of hydrogen-bond donors (Lipinski definition) is 1. The second-order valence-electron chi connectivity index (χ2n) is 8.24. The highest BCUT2D eigenvalue weighted by molar-refractivity contribution is 5.67. The molecule has 0 spiro atoms. The number of halogens is 4. The maximum Gasteiger partial charge on any atom is 0.419 e. The minimum absolute atomic E-state index is 0.101. The molecule has 4 fully saturated rings.